The molecule has 1 fully saturated rings. The van der Waals surface area contributed by atoms with E-state index in [2.05, 4.69) is 53.8 Å². The SMILES string of the molecule is CC1NC(=O)c2c(CO)nc(C(C)c3ccc(C4(C)CC4)cc3)n2N1. The number of carbonyl (C=O) groups is 1. The summed E-state index contributed by atoms with van der Waals surface area (Å²) in [6.45, 7) is 5.99. The van der Waals surface area contributed by atoms with Crippen molar-refractivity contribution in [3.8, 4) is 0 Å². The maximum absolute atomic E-state index is 12.3. The maximum Gasteiger partial charge on any atom is 0.273 e. The number of aliphatic hydroxyl groups excluding tert-OH is 1. The Labute approximate surface area is 147 Å². The smallest absolute Gasteiger partial charge is 0.273 e. The number of hydrogen-bond acceptors (Lipinski definition) is 4. The van der Waals surface area contributed by atoms with Crippen LogP contribution in [0.3, 0.4) is 0 Å². The fourth-order valence-electron chi connectivity index (χ4n) is 3.54. The molecule has 1 aromatic heterocycles. The Bertz CT molecular complexity index is 821. The molecule has 4 rings (SSSR count). The molecule has 2 aromatic rings. The minimum atomic E-state index is -0.261. The standard InChI is InChI=1S/C19H24N4O2/c1-11(13-4-6-14(7-5-13)19(3)8-9-19)17-21-15(10-24)16-18(25)20-12(2)22-23(16)17/h4-7,11-12,22,24H,8-10H2,1-3H3,(H,20,25). The number of amides is 1. The summed E-state index contributed by atoms with van der Waals surface area (Å²) >= 11 is 0. The third-order valence-corrected chi connectivity index (χ3v) is 5.51. The van der Waals surface area contributed by atoms with Crippen molar-refractivity contribution in [2.24, 2.45) is 0 Å². The van der Waals surface area contributed by atoms with Crippen LogP contribution in [0, 0.1) is 0 Å². The first-order chi connectivity index (χ1) is 11.9. The Kier molecular flexibility index (Phi) is 3.61. The molecule has 0 bridgehead atoms. The molecule has 2 unspecified atom stereocenters. The third kappa shape index (κ3) is 2.61. The van der Waals surface area contributed by atoms with Gasteiger partial charge in [0.15, 0.2) is 5.69 Å². The van der Waals surface area contributed by atoms with Crippen molar-refractivity contribution in [2.45, 2.75) is 57.7 Å². The number of aromatic nitrogens is 2. The van der Waals surface area contributed by atoms with Gasteiger partial charge in [-0.1, -0.05) is 38.1 Å². The summed E-state index contributed by atoms with van der Waals surface area (Å²) in [5.41, 5.74) is 6.90. The normalized spacial score (nSPS) is 21.9. The zero-order valence-electron chi connectivity index (χ0n) is 14.8. The van der Waals surface area contributed by atoms with Crippen molar-refractivity contribution in [2.75, 3.05) is 5.43 Å². The van der Waals surface area contributed by atoms with Crippen LogP contribution in [-0.2, 0) is 12.0 Å². The van der Waals surface area contributed by atoms with E-state index in [-0.39, 0.29) is 24.6 Å². The second-order valence-electron chi connectivity index (χ2n) is 7.49. The summed E-state index contributed by atoms with van der Waals surface area (Å²) in [5, 5.41) is 12.4. The van der Waals surface area contributed by atoms with Crippen LogP contribution in [-0.4, -0.2) is 26.8 Å². The van der Waals surface area contributed by atoms with Gasteiger partial charge < -0.3 is 15.8 Å². The highest BCUT2D eigenvalue weighted by molar-refractivity contribution is 5.95. The number of rotatable bonds is 4. The molecular weight excluding hydrogens is 316 g/mol. The average Bonchev–Trinajstić information content (AvgIpc) is 3.24. The van der Waals surface area contributed by atoms with Crippen LogP contribution >= 0.6 is 0 Å². The number of fused-ring (bicyclic) bond motifs is 1. The fourth-order valence-corrected chi connectivity index (χ4v) is 3.54. The first kappa shape index (κ1) is 16.1. The number of carbonyl (C=O) groups excluding carboxylic acids is 1. The highest BCUT2D eigenvalue weighted by atomic mass is 16.3. The van der Waals surface area contributed by atoms with Gasteiger partial charge in [0.2, 0.25) is 0 Å². The lowest BCUT2D eigenvalue weighted by atomic mass is 9.93. The molecule has 2 atom stereocenters. The zero-order chi connectivity index (χ0) is 17.8. The molecule has 132 valence electrons. The lowest BCUT2D eigenvalue weighted by Crippen LogP contribution is -2.49. The van der Waals surface area contributed by atoms with Crippen molar-refractivity contribution < 1.29 is 9.90 Å². The van der Waals surface area contributed by atoms with E-state index in [1.54, 1.807) is 4.68 Å². The molecule has 1 aliphatic carbocycles. The van der Waals surface area contributed by atoms with Crippen LogP contribution < -0.4 is 10.7 Å². The van der Waals surface area contributed by atoms with Crippen LogP contribution in [0.5, 0.6) is 0 Å². The summed E-state index contributed by atoms with van der Waals surface area (Å²) in [5.74, 6) is 0.537. The predicted molar refractivity (Wildman–Crippen MR) is 95.0 cm³/mol. The quantitative estimate of drug-likeness (QED) is 0.797. The van der Waals surface area contributed by atoms with Gasteiger partial charge in [-0.15, -0.1) is 0 Å². The van der Waals surface area contributed by atoms with Gasteiger partial charge in [0, 0.05) is 5.92 Å². The predicted octanol–water partition coefficient (Wildman–Crippen LogP) is 2.21. The minimum Gasteiger partial charge on any atom is -0.390 e. The van der Waals surface area contributed by atoms with E-state index >= 15 is 0 Å². The van der Waals surface area contributed by atoms with Crippen LogP contribution in [0.2, 0.25) is 0 Å². The first-order valence-electron chi connectivity index (χ1n) is 8.83. The number of hydrogen-bond donors (Lipinski definition) is 3. The number of benzene rings is 1. The van der Waals surface area contributed by atoms with Crippen LogP contribution in [0.4, 0.5) is 0 Å². The summed E-state index contributed by atoms with van der Waals surface area (Å²) in [6, 6.07) is 8.70. The summed E-state index contributed by atoms with van der Waals surface area (Å²) in [6.07, 6.45) is 2.32. The molecule has 2 aliphatic rings. The Morgan fingerprint density at radius 3 is 2.64 bits per heavy atom. The summed E-state index contributed by atoms with van der Waals surface area (Å²) < 4.78 is 1.73. The van der Waals surface area contributed by atoms with Gasteiger partial charge in [-0.25, -0.2) is 9.66 Å². The van der Waals surface area contributed by atoms with Gasteiger partial charge in [0.1, 0.15) is 12.0 Å². The van der Waals surface area contributed by atoms with Crippen LogP contribution in [0.15, 0.2) is 24.3 Å². The van der Waals surface area contributed by atoms with Crippen LogP contribution in [0.1, 0.15) is 72.7 Å². The number of nitrogens with one attached hydrogen (secondary N) is 2. The Balaban J connectivity index is 1.70. The van der Waals surface area contributed by atoms with Gasteiger partial charge in [-0.05, 0) is 36.3 Å². The summed E-state index contributed by atoms with van der Waals surface area (Å²) in [7, 11) is 0. The second-order valence-corrected chi connectivity index (χ2v) is 7.49. The topological polar surface area (TPSA) is 79.2 Å². The number of aliphatic hydroxyl groups is 1. The van der Waals surface area contributed by atoms with E-state index < -0.39 is 0 Å². The van der Waals surface area contributed by atoms with E-state index in [9.17, 15) is 9.90 Å². The summed E-state index contributed by atoms with van der Waals surface area (Å²) in [4.78, 5) is 16.8. The minimum absolute atomic E-state index is 0.00529. The molecule has 2 heterocycles. The lowest BCUT2D eigenvalue weighted by molar-refractivity contribution is 0.0915. The number of imidazole rings is 1. The molecule has 1 aromatic carbocycles. The second kappa shape index (κ2) is 5.59. The molecular formula is C19H24N4O2. The van der Waals surface area contributed by atoms with Crippen molar-refractivity contribution >= 4 is 5.91 Å². The molecule has 25 heavy (non-hydrogen) atoms. The molecule has 1 aliphatic heterocycles. The molecule has 0 spiro atoms. The highest BCUT2D eigenvalue weighted by Crippen LogP contribution is 2.47. The van der Waals surface area contributed by atoms with Crippen molar-refractivity contribution in [1.29, 1.82) is 0 Å². The molecule has 0 saturated heterocycles. The molecule has 1 saturated carbocycles. The monoisotopic (exact) mass is 340 g/mol. The molecule has 6 heteroatoms. The Morgan fingerprint density at radius 2 is 2.04 bits per heavy atom. The van der Waals surface area contributed by atoms with E-state index in [1.165, 1.54) is 18.4 Å². The Morgan fingerprint density at radius 1 is 1.36 bits per heavy atom. The Hall–Kier alpha value is -2.34. The van der Waals surface area contributed by atoms with Crippen molar-refractivity contribution in [3.63, 3.8) is 0 Å². The van der Waals surface area contributed by atoms with Gasteiger partial charge in [0.05, 0.1) is 12.3 Å². The van der Waals surface area contributed by atoms with Crippen molar-refractivity contribution in [3.05, 3.63) is 52.6 Å². The van der Waals surface area contributed by atoms with E-state index in [4.69, 9.17) is 0 Å². The molecule has 0 radical (unpaired) electrons. The van der Waals surface area contributed by atoms with Crippen molar-refractivity contribution in [1.82, 2.24) is 15.0 Å². The van der Waals surface area contributed by atoms with E-state index in [0.29, 0.717) is 16.8 Å². The van der Waals surface area contributed by atoms with Gasteiger partial charge in [-0.3, -0.25) is 4.79 Å². The number of nitrogens with zero attached hydrogens (tertiary/aromatic N) is 2. The average molecular weight is 340 g/mol. The largest absolute Gasteiger partial charge is 0.390 e. The van der Waals surface area contributed by atoms with Gasteiger partial charge in [-0.2, -0.15) is 0 Å². The maximum atomic E-state index is 12.3. The zero-order valence-corrected chi connectivity index (χ0v) is 14.8. The molecule has 1 amide bonds. The molecule has 6 nitrogen and oxygen atoms in total. The van der Waals surface area contributed by atoms with Gasteiger partial charge >= 0.3 is 0 Å². The lowest BCUT2D eigenvalue weighted by Gasteiger charge is -2.27. The van der Waals surface area contributed by atoms with Gasteiger partial charge in [0.25, 0.3) is 5.91 Å². The third-order valence-electron chi connectivity index (χ3n) is 5.51. The fraction of sp³-hybridized carbons (Fsp3) is 0.474. The van der Waals surface area contributed by atoms with Crippen LogP contribution in [0.25, 0.3) is 0 Å². The molecule has 3 N–H and O–H groups in total. The van der Waals surface area contributed by atoms with E-state index in [0.717, 1.165) is 11.4 Å². The van der Waals surface area contributed by atoms with E-state index in [1.807, 2.05) is 6.92 Å². The highest BCUT2D eigenvalue weighted by Gasteiger charge is 2.39. The first-order valence-corrected chi connectivity index (χ1v) is 8.83.